The van der Waals surface area contributed by atoms with E-state index in [0.717, 1.165) is 44.9 Å². The fraction of sp³-hybridized carbons (Fsp3) is 0.827. The summed E-state index contributed by atoms with van der Waals surface area (Å²) in [5.41, 5.74) is 0. The van der Waals surface area contributed by atoms with E-state index >= 15 is 0 Å². The van der Waals surface area contributed by atoms with Crippen LogP contribution in [0, 0.1) is 0 Å². The molecule has 0 aromatic carbocycles. The Morgan fingerprint density at radius 2 is 0.902 bits per heavy atom. The summed E-state index contributed by atoms with van der Waals surface area (Å²) in [7, 11) is 1.54. The number of hydrogen-bond donors (Lipinski definition) is 3. The van der Waals surface area contributed by atoms with Crippen molar-refractivity contribution in [2.75, 3.05) is 40.9 Å². The number of allylic oxidation sites excluding steroid dienone is 7. The quantitative estimate of drug-likeness (QED) is 0.0243. The Bertz CT molecular complexity index is 1130. The largest absolute Gasteiger partial charge is 0.472 e. The molecule has 8 nitrogen and oxygen atoms in total. The van der Waals surface area contributed by atoms with Crippen LogP contribution in [0.3, 0.4) is 0 Å². The van der Waals surface area contributed by atoms with Crippen LogP contribution in [0.15, 0.2) is 48.6 Å². The van der Waals surface area contributed by atoms with Gasteiger partial charge in [0.1, 0.15) is 13.2 Å². The van der Waals surface area contributed by atoms with Gasteiger partial charge in [-0.1, -0.05) is 197 Å². The van der Waals surface area contributed by atoms with Crippen molar-refractivity contribution in [3.63, 3.8) is 0 Å². The molecule has 0 aliphatic rings. The van der Waals surface area contributed by atoms with E-state index in [1.165, 1.54) is 161 Å². The third-order valence-corrected chi connectivity index (χ3v) is 12.2. The fourth-order valence-corrected chi connectivity index (χ4v) is 7.92. The van der Waals surface area contributed by atoms with E-state index < -0.39 is 20.0 Å². The number of nitrogens with one attached hydrogen (secondary N) is 1. The van der Waals surface area contributed by atoms with Crippen molar-refractivity contribution < 1.29 is 32.9 Å². The van der Waals surface area contributed by atoms with Crippen molar-refractivity contribution in [3.8, 4) is 0 Å². The van der Waals surface area contributed by atoms with Crippen molar-refractivity contribution in [2.24, 2.45) is 0 Å². The SMILES string of the molecule is CCCCCCCCCC/C=C\CCCCCCCCCCCC(=O)NC(COP(=O)(O)OCC[N+](C)(C)C)C(O)/C=C/CC/C=C/CC/C=C/CCCCCCCCCC. The number of phosphoric ester groups is 1. The van der Waals surface area contributed by atoms with Crippen molar-refractivity contribution in [1.82, 2.24) is 5.32 Å². The zero-order valence-corrected chi connectivity index (χ0v) is 41.5. The lowest BCUT2D eigenvalue weighted by atomic mass is 10.0. The molecule has 0 aliphatic heterocycles. The van der Waals surface area contributed by atoms with Crippen LogP contribution in [0.5, 0.6) is 0 Å². The monoisotopic (exact) mass is 880 g/mol. The number of likely N-dealkylation sites (N-methyl/N-ethyl adjacent to an activating group) is 1. The average molecular weight is 880 g/mol. The average Bonchev–Trinajstić information content (AvgIpc) is 3.21. The van der Waals surface area contributed by atoms with Crippen LogP contribution < -0.4 is 5.32 Å². The highest BCUT2D eigenvalue weighted by Crippen LogP contribution is 2.43. The fourth-order valence-electron chi connectivity index (χ4n) is 7.19. The van der Waals surface area contributed by atoms with Crippen LogP contribution in [0.1, 0.15) is 226 Å². The number of amides is 1. The van der Waals surface area contributed by atoms with Gasteiger partial charge in [0.2, 0.25) is 5.91 Å². The molecular formula is C52H100N2O6P+. The number of quaternary nitrogens is 1. The highest BCUT2D eigenvalue weighted by molar-refractivity contribution is 7.47. The summed E-state index contributed by atoms with van der Waals surface area (Å²) in [6.07, 6.45) is 56.2. The second-order valence-corrected chi connectivity index (χ2v) is 20.0. The molecule has 3 unspecified atom stereocenters. The number of aliphatic hydroxyl groups is 1. The molecule has 0 radical (unpaired) electrons. The molecule has 0 saturated heterocycles. The highest BCUT2D eigenvalue weighted by atomic mass is 31.2. The minimum atomic E-state index is -4.35. The lowest BCUT2D eigenvalue weighted by molar-refractivity contribution is -0.870. The number of phosphoric acid groups is 1. The van der Waals surface area contributed by atoms with Gasteiger partial charge in [-0.2, -0.15) is 0 Å². The Morgan fingerprint density at radius 3 is 1.31 bits per heavy atom. The van der Waals surface area contributed by atoms with E-state index in [4.69, 9.17) is 9.05 Å². The zero-order valence-electron chi connectivity index (χ0n) is 40.7. The van der Waals surface area contributed by atoms with E-state index in [9.17, 15) is 19.4 Å². The minimum Gasteiger partial charge on any atom is -0.387 e. The van der Waals surface area contributed by atoms with Crippen LogP contribution in [0.25, 0.3) is 0 Å². The van der Waals surface area contributed by atoms with Gasteiger partial charge in [0.25, 0.3) is 0 Å². The summed E-state index contributed by atoms with van der Waals surface area (Å²) in [4.78, 5) is 23.2. The summed E-state index contributed by atoms with van der Waals surface area (Å²) in [5, 5.41) is 13.9. The normalized spacial score (nSPS) is 14.5. The Morgan fingerprint density at radius 1 is 0.541 bits per heavy atom. The zero-order chi connectivity index (χ0) is 45.0. The van der Waals surface area contributed by atoms with E-state index in [1.54, 1.807) is 6.08 Å². The molecule has 0 spiro atoms. The molecule has 3 atom stereocenters. The third kappa shape index (κ3) is 46.3. The molecular weight excluding hydrogens is 780 g/mol. The molecule has 0 saturated carbocycles. The molecule has 358 valence electrons. The Hall–Kier alpha value is -1.54. The van der Waals surface area contributed by atoms with E-state index in [0.29, 0.717) is 17.4 Å². The number of aliphatic hydroxyl groups excluding tert-OH is 1. The number of carbonyl (C=O) groups excluding carboxylic acids is 1. The third-order valence-electron chi connectivity index (χ3n) is 11.2. The Balaban J connectivity index is 4.38. The van der Waals surface area contributed by atoms with E-state index in [1.807, 2.05) is 27.2 Å². The molecule has 0 bridgehead atoms. The minimum absolute atomic E-state index is 0.0525. The molecule has 3 N–H and O–H groups in total. The number of hydrogen-bond acceptors (Lipinski definition) is 5. The van der Waals surface area contributed by atoms with Crippen molar-refractivity contribution in [3.05, 3.63) is 48.6 Å². The summed E-state index contributed by atoms with van der Waals surface area (Å²) in [5.74, 6) is -0.193. The first kappa shape index (κ1) is 59.5. The van der Waals surface area contributed by atoms with Gasteiger partial charge in [-0.25, -0.2) is 4.57 Å². The summed E-state index contributed by atoms with van der Waals surface area (Å²) in [6.45, 7) is 4.79. The maximum absolute atomic E-state index is 12.9. The number of unbranched alkanes of at least 4 members (excludes halogenated alkanes) is 27. The molecule has 0 fully saturated rings. The molecule has 9 heteroatoms. The summed E-state index contributed by atoms with van der Waals surface area (Å²) in [6, 6.07) is -0.871. The topological polar surface area (TPSA) is 105 Å². The molecule has 1 amide bonds. The molecule has 0 aromatic rings. The summed E-state index contributed by atoms with van der Waals surface area (Å²) < 4.78 is 23.6. The number of rotatable bonds is 46. The Labute approximate surface area is 378 Å². The summed E-state index contributed by atoms with van der Waals surface area (Å²) >= 11 is 0. The number of nitrogens with zero attached hydrogens (tertiary/aromatic N) is 1. The van der Waals surface area contributed by atoms with Crippen LogP contribution >= 0.6 is 7.82 Å². The van der Waals surface area contributed by atoms with Gasteiger partial charge in [0.05, 0.1) is 39.9 Å². The predicted octanol–water partition coefficient (Wildman–Crippen LogP) is 14.8. The van der Waals surface area contributed by atoms with Gasteiger partial charge in [-0.05, 0) is 70.6 Å². The second kappa shape index (κ2) is 43.7. The van der Waals surface area contributed by atoms with Crippen LogP contribution in [-0.4, -0.2) is 73.4 Å². The van der Waals surface area contributed by atoms with Gasteiger partial charge in [-0.3, -0.25) is 13.8 Å². The van der Waals surface area contributed by atoms with Crippen molar-refractivity contribution in [2.45, 2.75) is 238 Å². The van der Waals surface area contributed by atoms with Gasteiger partial charge in [0.15, 0.2) is 0 Å². The first-order valence-corrected chi connectivity index (χ1v) is 27.0. The lowest BCUT2D eigenvalue weighted by Crippen LogP contribution is -2.45. The van der Waals surface area contributed by atoms with Gasteiger partial charge in [0, 0.05) is 6.42 Å². The van der Waals surface area contributed by atoms with Gasteiger partial charge < -0.3 is 19.8 Å². The molecule has 0 heterocycles. The van der Waals surface area contributed by atoms with Crippen LogP contribution in [0.2, 0.25) is 0 Å². The maximum atomic E-state index is 12.9. The van der Waals surface area contributed by atoms with Crippen LogP contribution in [0.4, 0.5) is 0 Å². The van der Waals surface area contributed by atoms with Gasteiger partial charge >= 0.3 is 7.82 Å². The molecule has 61 heavy (non-hydrogen) atoms. The van der Waals surface area contributed by atoms with Crippen molar-refractivity contribution in [1.29, 1.82) is 0 Å². The van der Waals surface area contributed by atoms with Gasteiger partial charge in [-0.15, -0.1) is 0 Å². The Kier molecular flexibility index (Phi) is 42.6. The maximum Gasteiger partial charge on any atom is 0.472 e. The molecule has 0 aromatic heterocycles. The number of carbonyl (C=O) groups is 1. The first-order valence-electron chi connectivity index (χ1n) is 25.5. The van der Waals surface area contributed by atoms with Crippen molar-refractivity contribution >= 4 is 13.7 Å². The smallest absolute Gasteiger partial charge is 0.387 e. The standard InChI is InChI=1S/C52H99N2O6P/c1-6-8-10-12-14-16-18-20-22-24-26-27-28-30-32-34-36-38-40-42-44-46-52(56)53-50(49-60-61(57,58)59-48-47-54(3,4)5)51(55)45-43-41-39-37-35-33-31-29-25-23-21-19-17-15-13-11-9-7-2/h24-26,29,35,37,43,45,50-51,55H,6-23,27-28,30-34,36,38-42,44,46-49H2,1-5H3,(H-,53,56,57,58)/p+1/b26-24-,29-25+,37-35+,45-43+. The highest BCUT2D eigenvalue weighted by Gasteiger charge is 2.27. The first-order chi connectivity index (χ1) is 29.5. The second-order valence-electron chi connectivity index (χ2n) is 18.5. The molecule has 0 aliphatic carbocycles. The van der Waals surface area contributed by atoms with E-state index in [2.05, 4.69) is 55.6 Å². The lowest BCUT2D eigenvalue weighted by Gasteiger charge is -2.25. The predicted molar refractivity (Wildman–Crippen MR) is 263 cm³/mol. The van der Waals surface area contributed by atoms with Crippen LogP contribution in [-0.2, 0) is 18.4 Å². The van der Waals surface area contributed by atoms with E-state index in [-0.39, 0.29) is 19.1 Å². The molecule has 0 rings (SSSR count).